The maximum absolute atomic E-state index is 12.5. The van der Waals surface area contributed by atoms with Gasteiger partial charge in [0.05, 0.1) is 12.5 Å². The SMILES string of the molecule is CCn1nc(-c2nnc(-c3cccc(OC)n3)o2)c2ccccc2c1=O. The summed E-state index contributed by atoms with van der Waals surface area (Å²) in [7, 11) is 1.54. The smallest absolute Gasteiger partial charge is 0.274 e. The van der Waals surface area contributed by atoms with Crippen molar-refractivity contribution in [3.8, 4) is 29.0 Å². The number of fused-ring (bicyclic) bond motifs is 1. The molecule has 0 aliphatic heterocycles. The second-order valence-electron chi connectivity index (χ2n) is 5.49. The maximum Gasteiger partial charge on any atom is 0.274 e. The molecule has 1 aromatic carbocycles. The van der Waals surface area contributed by atoms with Crippen molar-refractivity contribution < 1.29 is 9.15 Å². The maximum atomic E-state index is 12.5. The summed E-state index contributed by atoms with van der Waals surface area (Å²) in [4.78, 5) is 16.7. The fourth-order valence-corrected chi connectivity index (χ4v) is 2.68. The van der Waals surface area contributed by atoms with Gasteiger partial charge in [0, 0.05) is 18.0 Å². The van der Waals surface area contributed by atoms with Crippen LogP contribution < -0.4 is 10.3 Å². The molecule has 0 radical (unpaired) electrons. The Morgan fingerprint density at radius 2 is 1.81 bits per heavy atom. The Bertz CT molecular complexity index is 1150. The number of hydrogen-bond donors (Lipinski definition) is 0. The van der Waals surface area contributed by atoms with E-state index in [2.05, 4.69) is 20.3 Å². The van der Waals surface area contributed by atoms with Gasteiger partial charge in [-0.25, -0.2) is 9.67 Å². The lowest BCUT2D eigenvalue weighted by atomic mass is 10.1. The van der Waals surface area contributed by atoms with E-state index >= 15 is 0 Å². The Morgan fingerprint density at radius 1 is 1.04 bits per heavy atom. The van der Waals surface area contributed by atoms with Crippen LogP contribution in [0.4, 0.5) is 0 Å². The molecular weight excluding hydrogens is 334 g/mol. The van der Waals surface area contributed by atoms with E-state index in [9.17, 15) is 4.79 Å². The van der Waals surface area contributed by atoms with Gasteiger partial charge in [0.1, 0.15) is 5.69 Å². The van der Waals surface area contributed by atoms with Gasteiger partial charge in [0.15, 0.2) is 5.69 Å². The van der Waals surface area contributed by atoms with Gasteiger partial charge in [0.2, 0.25) is 5.88 Å². The Kier molecular flexibility index (Phi) is 3.92. The Morgan fingerprint density at radius 3 is 2.58 bits per heavy atom. The van der Waals surface area contributed by atoms with Gasteiger partial charge in [-0.3, -0.25) is 4.79 Å². The van der Waals surface area contributed by atoms with Crippen LogP contribution in [0, 0.1) is 0 Å². The predicted octanol–water partition coefficient (Wildman–Crippen LogP) is 2.54. The molecule has 4 aromatic rings. The van der Waals surface area contributed by atoms with Crippen LogP contribution in [-0.2, 0) is 6.54 Å². The molecule has 0 aliphatic rings. The molecule has 4 rings (SSSR count). The molecule has 0 amide bonds. The number of rotatable bonds is 4. The van der Waals surface area contributed by atoms with Crippen molar-refractivity contribution in [3.63, 3.8) is 0 Å². The summed E-state index contributed by atoms with van der Waals surface area (Å²) in [6.07, 6.45) is 0. The molecule has 0 saturated carbocycles. The summed E-state index contributed by atoms with van der Waals surface area (Å²) in [6, 6.07) is 12.5. The van der Waals surface area contributed by atoms with Gasteiger partial charge < -0.3 is 9.15 Å². The van der Waals surface area contributed by atoms with Gasteiger partial charge in [-0.15, -0.1) is 10.2 Å². The first-order valence-corrected chi connectivity index (χ1v) is 8.06. The zero-order valence-electron chi connectivity index (χ0n) is 14.2. The number of hydrogen-bond acceptors (Lipinski definition) is 7. The van der Waals surface area contributed by atoms with Crippen molar-refractivity contribution in [1.82, 2.24) is 25.0 Å². The first kappa shape index (κ1) is 15.9. The van der Waals surface area contributed by atoms with E-state index in [-0.39, 0.29) is 17.3 Å². The average Bonchev–Trinajstić information content (AvgIpc) is 3.18. The molecular formula is C18H15N5O3. The summed E-state index contributed by atoms with van der Waals surface area (Å²) in [6.45, 7) is 2.29. The van der Waals surface area contributed by atoms with Crippen molar-refractivity contribution in [2.75, 3.05) is 7.11 Å². The molecule has 0 N–H and O–H groups in total. The zero-order chi connectivity index (χ0) is 18.1. The molecule has 3 heterocycles. The van der Waals surface area contributed by atoms with Crippen LogP contribution in [0.5, 0.6) is 5.88 Å². The van der Waals surface area contributed by atoms with E-state index in [1.807, 2.05) is 25.1 Å². The molecule has 3 aromatic heterocycles. The van der Waals surface area contributed by atoms with Crippen molar-refractivity contribution >= 4 is 10.8 Å². The summed E-state index contributed by atoms with van der Waals surface area (Å²) in [5.41, 5.74) is 0.806. The third-order valence-electron chi connectivity index (χ3n) is 3.95. The second-order valence-corrected chi connectivity index (χ2v) is 5.49. The van der Waals surface area contributed by atoms with E-state index in [4.69, 9.17) is 9.15 Å². The molecule has 130 valence electrons. The van der Waals surface area contributed by atoms with Crippen LogP contribution >= 0.6 is 0 Å². The van der Waals surface area contributed by atoms with Gasteiger partial charge in [-0.2, -0.15) is 5.10 Å². The first-order valence-electron chi connectivity index (χ1n) is 8.06. The summed E-state index contributed by atoms with van der Waals surface area (Å²) in [5.74, 6) is 0.924. The minimum absolute atomic E-state index is 0.152. The lowest BCUT2D eigenvalue weighted by Crippen LogP contribution is -2.22. The zero-order valence-corrected chi connectivity index (χ0v) is 14.2. The minimum atomic E-state index is -0.152. The predicted molar refractivity (Wildman–Crippen MR) is 94.8 cm³/mol. The minimum Gasteiger partial charge on any atom is -0.481 e. The van der Waals surface area contributed by atoms with E-state index in [1.54, 1.807) is 24.3 Å². The number of aryl methyl sites for hydroxylation is 1. The third-order valence-corrected chi connectivity index (χ3v) is 3.95. The molecule has 0 atom stereocenters. The normalized spacial score (nSPS) is 11.0. The van der Waals surface area contributed by atoms with Crippen molar-refractivity contribution in [2.45, 2.75) is 13.5 Å². The number of aromatic nitrogens is 5. The van der Waals surface area contributed by atoms with E-state index in [0.717, 1.165) is 0 Å². The van der Waals surface area contributed by atoms with Gasteiger partial charge in [0.25, 0.3) is 17.3 Å². The van der Waals surface area contributed by atoms with E-state index < -0.39 is 0 Å². The largest absolute Gasteiger partial charge is 0.481 e. The molecule has 26 heavy (non-hydrogen) atoms. The lowest BCUT2D eigenvalue weighted by molar-refractivity contribution is 0.398. The van der Waals surface area contributed by atoms with Crippen molar-refractivity contribution in [1.29, 1.82) is 0 Å². The Labute approximate surface area is 148 Å². The van der Waals surface area contributed by atoms with Gasteiger partial charge in [-0.1, -0.05) is 24.3 Å². The topological polar surface area (TPSA) is 95.9 Å². The Hall–Kier alpha value is -3.55. The van der Waals surface area contributed by atoms with Crippen LogP contribution in [0.25, 0.3) is 33.9 Å². The van der Waals surface area contributed by atoms with Gasteiger partial charge in [-0.05, 0) is 19.1 Å². The quantitative estimate of drug-likeness (QED) is 0.558. The van der Waals surface area contributed by atoms with Crippen LogP contribution in [0.3, 0.4) is 0 Å². The van der Waals surface area contributed by atoms with Gasteiger partial charge >= 0.3 is 0 Å². The highest BCUT2D eigenvalue weighted by Crippen LogP contribution is 2.26. The van der Waals surface area contributed by atoms with Crippen molar-refractivity contribution in [3.05, 3.63) is 52.8 Å². The standard InChI is InChI=1S/C18H15N5O3/c1-3-23-18(24)12-8-5-4-7-11(12)15(22-23)17-21-20-16(26-17)13-9-6-10-14(19-13)25-2/h4-10H,3H2,1-2H3. The highest BCUT2D eigenvalue weighted by Gasteiger charge is 2.18. The number of pyridine rings is 1. The van der Waals surface area contributed by atoms with Crippen LogP contribution in [0.2, 0.25) is 0 Å². The summed E-state index contributed by atoms with van der Waals surface area (Å²) in [5, 5.41) is 13.8. The molecule has 0 unspecified atom stereocenters. The highest BCUT2D eigenvalue weighted by atomic mass is 16.5. The second kappa shape index (κ2) is 6.40. The fraction of sp³-hybridized carbons (Fsp3) is 0.167. The van der Waals surface area contributed by atoms with Crippen molar-refractivity contribution in [2.24, 2.45) is 0 Å². The van der Waals surface area contributed by atoms with E-state index in [0.29, 0.717) is 34.6 Å². The first-order chi connectivity index (χ1) is 12.7. The number of nitrogens with zero attached hydrogens (tertiary/aromatic N) is 5. The molecule has 0 fully saturated rings. The third kappa shape index (κ3) is 2.61. The summed E-state index contributed by atoms with van der Waals surface area (Å²) < 4.78 is 12.3. The molecule has 8 nitrogen and oxygen atoms in total. The number of ether oxygens (including phenoxy) is 1. The van der Waals surface area contributed by atoms with Crippen LogP contribution in [-0.4, -0.2) is 32.1 Å². The summed E-state index contributed by atoms with van der Waals surface area (Å²) >= 11 is 0. The number of benzene rings is 1. The highest BCUT2D eigenvalue weighted by molar-refractivity contribution is 5.91. The Balaban J connectivity index is 1.88. The number of methoxy groups -OCH3 is 1. The molecule has 0 aliphatic carbocycles. The van der Waals surface area contributed by atoms with Crippen LogP contribution in [0.1, 0.15) is 6.92 Å². The molecule has 0 saturated heterocycles. The molecule has 0 bridgehead atoms. The molecule has 8 heteroatoms. The van der Waals surface area contributed by atoms with E-state index in [1.165, 1.54) is 11.8 Å². The lowest BCUT2D eigenvalue weighted by Gasteiger charge is -2.06. The van der Waals surface area contributed by atoms with Crippen LogP contribution in [0.15, 0.2) is 51.7 Å². The molecule has 0 spiro atoms. The fourth-order valence-electron chi connectivity index (χ4n) is 2.68. The monoisotopic (exact) mass is 349 g/mol. The average molecular weight is 349 g/mol.